The molecule has 8 nitrogen and oxygen atoms in total. The summed E-state index contributed by atoms with van der Waals surface area (Å²) in [5.74, 6) is 0.0675. The molecule has 9 heteroatoms. The Morgan fingerprint density at radius 2 is 2.27 bits per heavy atom. The fourth-order valence-corrected chi connectivity index (χ4v) is 3.10. The van der Waals surface area contributed by atoms with Crippen molar-refractivity contribution in [2.75, 3.05) is 32.2 Å². The Hall–Kier alpha value is -2.16. The van der Waals surface area contributed by atoms with E-state index in [9.17, 15) is 4.79 Å². The molecule has 0 aromatic carbocycles. The van der Waals surface area contributed by atoms with Crippen LogP contribution in [0.25, 0.3) is 11.3 Å². The molecule has 0 bridgehead atoms. The van der Waals surface area contributed by atoms with Crippen LogP contribution < -0.4 is 11.1 Å². The summed E-state index contributed by atoms with van der Waals surface area (Å²) < 4.78 is 11.9. The lowest BCUT2D eigenvalue weighted by Gasteiger charge is -2.23. The Balaban J connectivity index is 1.90. The lowest BCUT2D eigenvalue weighted by Crippen LogP contribution is -2.28. The van der Waals surface area contributed by atoms with Gasteiger partial charge in [-0.3, -0.25) is 0 Å². The van der Waals surface area contributed by atoms with Crippen LogP contribution in [0.2, 0.25) is 5.02 Å². The monoisotopic (exact) mass is 379 g/mol. The van der Waals surface area contributed by atoms with Gasteiger partial charge in [-0.1, -0.05) is 11.6 Å². The number of nitrogens with one attached hydrogen (secondary N) is 1. The number of carbonyl (C=O) groups is 1. The van der Waals surface area contributed by atoms with Crippen molar-refractivity contribution in [1.82, 2.24) is 14.5 Å². The summed E-state index contributed by atoms with van der Waals surface area (Å²) in [5, 5.41) is 3.73. The largest absolute Gasteiger partial charge is 0.464 e. The number of esters is 1. The van der Waals surface area contributed by atoms with Crippen molar-refractivity contribution < 1.29 is 14.3 Å². The summed E-state index contributed by atoms with van der Waals surface area (Å²) in [4.78, 5) is 20.8. The maximum Gasteiger partial charge on any atom is 0.354 e. The van der Waals surface area contributed by atoms with Crippen LogP contribution in [0.4, 0.5) is 5.95 Å². The Labute approximate surface area is 156 Å². The average Bonchev–Trinajstić information content (AvgIpc) is 3.07. The number of hydrogen-bond donors (Lipinski definition) is 2. The highest BCUT2D eigenvalue weighted by Crippen LogP contribution is 2.28. The number of anilines is 1. The smallest absolute Gasteiger partial charge is 0.354 e. The summed E-state index contributed by atoms with van der Waals surface area (Å²) >= 11 is 6.30. The summed E-state index contributed by atoms with van der Waals surface area (Å²) in [6.45, 7) is 2.33. The van der Waals surface area contributed by atoms with E-state index >= 15 is 0 Å². The topological polar surface area (TPSA) is 104 Å². The van der Waals surface area contributed by atoms with Crippen LogP contribution in [0.3, 0.4) is 0 Å². The van der Waals surface area contributed by atoms with Gasteiger partial charge in [0, 0.05) is 44.1 Å². The number of halogens is 1. The van der Waals surface area contributed by atoms with Gasteiger partial charge in [-0.05, 0) is 18.9 Å². The molecule has 26 heavy (non-hydrogen) atoms. The van der Waals surface area contributed by atoms with Gasteiger partial charge < -0.3 is 25.1 Å². The van der Waals surface area contributed by atoms with Crippen molar-refractivity contribution in [3.05, 3.63) is 29.2 Å². The predicted molar refractivity (Wildman–Crippen MR) is 98.3 cm³/mol. The van der Waals surface area contributed by atoms with Crippen LogP contribution in [0.1, 0.15) is 23.3 Å². The maximum atomic E-state index is 12.0. The third-order valence-corrected chi connectivity index (χ3v) is 4.51. The van der Waals surface area contributed by atoms with E-state index in [1.54, 1.807) is 23.0 Å². The molecule has 1 saturated heterocycles. The molecule has 0 saturated carbocycles. The fraction of sp³-hybridized carbons (Fsp3) is 0.471. The highest BCUT2D eigenvalue weighted by Gasteiger charge is 2.19. The maximum absolute atomic E-state index is 12.0. The Morgan fingerprint density at radius 1 is 1.50 bits per heavy atom. The molecule has 0 spiro atoms. The molecule has 0 atom stereocenters. The van der Waals surface area contributed by atoms with Gasteiger partial charge in [0.1, 0.15) is 5.69 Å². The molecule has 0 radical (unpaired) electrons. The average molecular weight is 380 g/mol. The predicted octanol–water partition coefficient (Wildman–Crippen LogP) is 1.93. The van der Waals surface area contributed by atoms with Gasteiger partial charge in [0.2, 0.25) is 5.95 Å². The van der Waals surface area contributed by atoms with Crippen LogP contribution in [-0.4, -0.2) is 53.4 Å². The molecule has 0 aliphatic carbocycles. The Kier molecular flexibility index (Phi) is 6.08. The van der Waals surface area contributed by atoms with Crippen molar-refractivity contribution >= 4 is 23.5 Å². The Bertz CT molecular complexity index is 774. The van der Waals surface area contributed by atoms with Gasteiger partial charge >= 0.3 is 5.97 Å². The van der Waals surface area contributed by atoms with E-state index in [1.165, 1.54) is 7.11 Å². The molecule has 1 aliphatic heterocycles. The number of nitrogens with two attached hydrogens (primary N) is 1. The van der Waals surface area contributed by atoms with Crippen molar-refractivity contribution in [2.24, 2.45) is 5.73 Å². The highest BCUT2D eigenvalue weighted by atomic mass is 35.5. The first-order valence-electron chi connectivity index (χ1n) is 8.48. The van der Waals surface area contributed by atoms with Crippen LogP contribution >= 0.6 is 11.6 Å². The van der Waals surface area contributed by atoms with Gasteiger partial charge in [0.15, 0.2) is 0 Å². The number of methoxy groups -OCH3 is 1. The SMILES string of the molecule is COC(=O)c1cc(-c2nc(NC3CCOCC3)ncc2Cl)cn1CCN. The normalized spacial score (nSPS) is 15.0. The number of rotatable bonds is 6. The molecule has 0 unspecified atom stereocenters. The molecular weight excluding hydrogens is 358 g/mol. The number of ether oxygens (including phenoxy) is 2. The number of carbonyl (C=O) groups excluding carboxylic acids is 1. The van der Waals surface area contributed by atoms with E-state index in [0.29, 0.717) is 41.0 Å². The van der Waals surface area contributed by atoms with E-state index in [0.717, 1.165) is 26.1 Å². The van der Waals surface area contributed by atoms with Gasteiger partial charge in [0.25, 0.3) is 0 Å². The van der Waals surface area contributed by atoms with Crippen LogP contribution in [-0.2, 0) is 16.0 Å². The second kappa shape index (κ2) is 8.48. The van der Waals surface area contributed by atoms with Crippen molar-refractivity contribution in [3.63, 3.8) is 0 Å². The molecule has 1 aliphatic rings. The van der Waals surface area contributed by atoms with Crippen molar-refractivity contribution in [1.29, 1.82) is 0 Å². The number of aromatic nitrogens is 3. The van der Waals surface area contributed by atoms with Crippen LogP contribution in [0.15, 0.2) is 18.5 Å². The van der Waals surface area contributed by atoms with E-state index in [1.807, 2.05) is 0 Å². The molecule has 3 heterocycles. The second-order valence-corrected chi connectivity index (χ2v) is 6.42. The summed E-state index contributed by atoms with van der Waals surface area (Å²) in [6, 6.07) is 1.97. The standard InChI is InChI=1S/C17H22ClN5O3/c1-25-16(24)14-8-11(10-23(14)5-4-19)15-13(18)9-20-17(22-15)21-12-2-6-26-7-3-12/h8-10,12H,2-7,19H2,1H3,(H,20,21,22). The molecule has 1 fully saturated rings. The quantitative estimate of drug-likeness (QED) is 0.739. The third kappa shape index (κ3) is 4.14. The van der Waals surface area contributed by atoms with E-state index in [2.05, 4.69) is 15.3 Å². The number of hydrogen-bond acceptors (Lipinski definition) is 7. The minimum Gasteiger partial charge on any atom is -0.464 e. The summed E-state index contributed by atoms with van der Waals surface area (Å²) in [5.41, 5.74) is 7.30. The van der Waals surface area contributed by atoms with E-state index < -0.39 is 5.97 Å². The zero-order chi connectivity index (χ0) is 18.5. The third-order valence-electron chi connectivity index (χ3n) is 4.23. The van der Waals surface area contributed by atoms with Gasteiger partial charge in [-0.15, -0.1) is 0 Å². The lowest BCUT2D eigenvalue weighted by atomic mass is 10.1. The molecule has 3 rings (SSSR count). The van der Waals surface area contributed by atoms with Crippen molar-refractivity contribution in [3.8, 4) is 11.3 Å². The molecule has 0 amide bonds. The van der Waals surface area contributed by atoms with E-state index in [4.69, 9.17) is 26.8 Å². The highest BCUT2D eigenvalue weighted by molar-refractivity contribution is 6.32. The summed E-state index contributed by atoms with van der Waals surface area (Å²) in [6.07, 6.45) is 5.16. The molecule has 2 aromatic rings. The van der Waals surface area contributed by atoms with Crippen LogP contribution in [0.5, 0.6) is 0 Å². The zero-order valence-corrected chi connectivity index (χ0v) is 15.3. The lowest BCUT2D eigenvalue weighted by molar-refractivity contribution is 0.0588. The fourth-order valence-electron chi connectivity index (χ4n) is 2.90. The summed E-state index contributed by atoms with van der Waals surface area (Å²) in [7, 11) is 1.34. The minimum absolute atomic E-state index is 0.269. The first-order chi connectivity index (χ1) is 12.6. The Morgan fingerprint density at radius 3 is 2.96 bits per heavy atom. The first-order valence-corrected chi connectivity index (χ1v) is 8.86. The number of nitrogens with zero attached hydrogens (tertiary/aromatic N) is 3. The second-order valence-electron chi connectivity index (χ2n) is 6.01. The van der Waals surface area contributed by atoms with Gasteiger partial charge in [0.05, 0.1) is 24.0 Å². The molecule has 140 valence electrons. The molecule has 3 N–H and O–H groups in total. The molecule has 2 aromatic heterocycles. The van der Waals surface area contributed by atoms with Crippen molar-refractivity contribution in [2.45, 2.75) is 25.4 Å². The van der Waals surface area contributed by atoms with Gasteiger partial charge in [-0.25, -0.2) is 14.8 Å². The first kappa shape index (κ1) is 18.6. The van der Waals surface area contributed by atoms with E-state index in [-0.39, 0.29) is 6.04 Å². The minimum atomic E-state index is -0.435. The zero-order valence-electron chi connectivity index (χ0n) is 14.6. The van der Waals surface area contributed by atoms with Gasteiger partial charge in [-0.2, -0.15) is 0 Å². The van der Waals surface area contributed by atoms with Crippen LogP contribution in [0, 0.1) is 0 Å². The molecular formula is C17H22ClN5O3.